The average Bonchev–Trinajstić information content (AvgIpc) is 2.94. The lowest BCUT2D eigenvalue weighted by Gasteiger charge is -2.23. The Labute approximate surface area is 216 Å². The average molecular weight is 473 g/mol. The van der Waals surface area contributed by atoms with Gasteiger partial charge in [-0.3, -0.25) is 0 Å². The first-order valence-corrected chi connectivity index (χ1v) is 13.5. The zero-order valence-electron chi connectivity index (χ0n) is 21.3. The zero-order chi connectivity index (χ0) is 24.7. The normalized spacial score (nSPS) is 14.1. The number of hydrogen-bond donors (Lipinski definition) is 0. The highest BCUT2D eigenvalue weighted by Gasteiger charge is 2.20. The Morgan fingerprint density at radius 2 is 0.703 bits per heavy atom. The van der Waals surface area contributed by atoms with Crippen LogP contribution in [0.15, 0.2) is 109 Å². The lowest BCUT2D eigenvalue weighted by atomic mass is 9.81. The van der Waals surface area contributed by atoms with Crippen molar-refractivity contribution in [1.29, 1.82) is 0 Å². The van der Waals surface area contributed by atoms with Crippen molar-refractivity contribution in [2.45, 2.75) is 32.1 Å². The topological polar surface area (TPSA) is 0 Å². The molecule has 8 aromatic rings. The third kappa shape index (κ3) is 2.96. The third-order valence-corrected chi connectivity index (χ3v) is 8.89. The van der Waals surface area contributed by atoms with Crippen LogP contribution in [-0.2, 0) is 0 Å². The Bertz CT molecular complexity index is 1910. The molecule has 0 N–H and O–H groups in total. The molecule has 176 valence electrons. The summed E-state index contributed by atoms with van der Waals surface area (Å²) in [5.74, 6) is 0.913. The minimum Gasteiger partial charge on any atom is -0.0610 e. The SMILES string of the molecule is CC(CC(C)c1ccc2ccc3cccc4ccc1c2c34)c1ccc2ccc3cccc4ccc1c2c34. The van der Waals surface area contributed by atoms with Crippen molar-refractivity contribution >= 4 is 64.6 Å². The molecular weight excluding hydrogens is 444 g/mol. The summed E-state index contributed by atoms with van der Waals surface area (Å²) in [5.41, 5.74) is 2.94. The van der Waals surface area contributed by atoms with E-state index < -0.39 is 0 Å². The highest BCUT2D eigenvalue weighted by Crippen LogP contribution is 2.42. The number of benzene rings is 8. The fourth-order valence-electron chi connectivity index (χ4n) is 7.16. The summed E-state index contributed by atoms with van der Waals surface area (Å²) in [6.07, 6.45) is 1.12. The van der Waals surface area contributed by atoms with Gasteiger partial charge in [0.2, 0.25) is 0 Å². The van der Waals surface area contributed by atoms with E-state index >= 15 is 0 Å². The summed E-state index contributed by atoms with van der Waals surface area (Å²) < 4.78 is 0. The van der Waals surface area contributed by atoms with Crippen molar-refractivity contribution < 1.29 is 0 Å². The second-order valence-corrected chi connectivity index (χ2v) is 11.1. The van der Waals surface area contributed by atoms with Gasteiger partial charge in [-0.15, -0.1) is 0 Å². The largest absolute Gasteiger partial charge is 0.0610 e. The van der Waals surface area contributed by atoms with Crippen molar-refractivity contribution in [2.75, 3.05) is 0 Å². The summed E-state index contributed by atoms with van der Waals surface area (Å²) in [6, 6.07) is 41.2. The van der Waals surface area contributed by atoms with Gasteiger partial charge in [-0.2, -0.15) is 0 Å². The number of hydrogen-bond acceptors (Lipinski definition) is 0. The van der Waals surface area contributed by atoms with E-state index in [0.717, 1.165) is 6.42 Å². The van der Waals surface area contributed by atoms with Crippen molar-refractivity contribution in [3.8, 4) is 0 Å². The van der Waals surface area contributed by atoms with Crippen LogP contribution < -0.4 is 0 Å². The Morgan fingerprint density at radius 3 is 1.11 bits per heavy atom. The van der Waals surface area contributed by atoms with Crippen LogP contribution >= 0.6 is 0 Å². The Balaban J connectivity index is 1.24. The van der Waals surface area contributed by atoms with Gasteiger partial charge >= 0.3 is 0 Å². The summed E-state index contributed by atoms with van der Waals surface area (Å²) in [4.78, 5) is 0. The van der Waals surface area contributed by atoms with Gasteiger partial charge in [0.25, 0.3) is 0 Å². The van der Waals surface area contributed by atoms with Crippen molar-refractivity contribution in [3.63, 3.8) is 0 Å². The molecule has 0 bridgehead atoms. The zero-order valence-corrected chi connectivity index (χ0v) is 21.3. The predicted molar refractivity (Wildman–Crippen MR) is 162 cm³/mol. The van der Waals surface area contributed by atoms with Crippen LogP contribution in [0.1, 0.15) is 43.2 Å². The Hall–Kier alpha value is -4.16. The van der Waals surface area contributed by atoms with Gasteiger partial charge < -0.3 is 0 Å². The first-order valence-electron chi connectivity index (χ1n) is 13.5. The van der Waals surface area contributed by atoms with E-state index in [9.17, 15) is 0 Å². The van der Waals surface area contributed by atoms with Crippen molar-refractivity contribution in [1.82, 2.24) is 0 Å². The molecule has 8 aromatic carbocycles. The first-order chi connectivity index (χ1) is 18.2. The van der Waals surface area contributed by atoms with Crippen LogP contribution in [0, 0.1) is 0 Å². The molecule has 0 heteroatoms. The van der Waals surface area contributed by atoms with E-state index in [1.807, 2.05) is 0 Å². The van der Waals surface area contributed by atoms with Gasteiger partial charge in [-0.05, 0) is 94.0 Å². The molecule has 0 saturated heterocycles. The van der Waals surface area contributed by atoms with Crippen molar-refractivity contribution in [2.24, 2.45) is 0 Å². The first kappa shape index (κ1) is 21.0. The molecule has 0 aliphatic heterocycles. The molecule has 0 aliphatic rings. The monoisotopic (exact) mass is 472 g/mol. The van der Waals surface area contributed by atoms with E-state index in [1.54, 1.807) is 0 Å². The maximum atomic E-state index is 2.42. The summed E-state index contributed by atoms with van der Waals surface area (Å²) in [7, 11) is 0. The fourth-order valence-corrected chi connectivity index (χ4v) is 7.16. The summed E-state index contributed by atoms with van der Waals surface area (Å²) >= 11 is 0. The highest BCUT2D eigenvalue weighted by molar-refractivity contribution is 6.24. The van der Waals surface area contributed by atoms with E-state index in [2.05, 4.69) is 123 Å². The number of rotatable bonds is 4. The second-order valence-electron chi connectivity index (χ2n) is 11.1. The molecule has 0 nitrogen and oxygen atoms in total. The smallest absolute Gasteiger partial charge is 0.00239 e. The standard InChI is InChI=1S/C37H28/c1-22(30-17-13-28-11-9-24-5-3-7-26-15-19-32(30)36(28)34(24)26)21-23(2)31-18-14-29-12-10-25-6-4-8-27-16-20-33(31)37(29)35(25)27/h3-20,22-23H,21H2,1-2H3. The van der Waals surface area contributed by atoms with Crippen LogP contribution in [0.3, 0.4) is 0 Å². The minimum absolute atomic E-state index is 0.457. The fraction of sp³-hybridized carbons (Fsp3) is 0.135. The molecule has 0 aliphatic carbocycles. The van der Waals surface area contributed by atoms with Crippen LogP contribution in [0.25, 0.3) is 64.6 Å². The predicted octanol–water partition coefficient (Wildman–Crippen LogP) is 10.8. The highest BCUT2D eigenvalue weighted by atomic mass is 14.2. The van der Waals surface area contributed by atoms with Gasteiger partial charge in [0.1, 0.15) is 0 Å². The quantitative estimate of drug-likeness (QED) is 0.223. The molecule has 2 atom stereocenters. The van der Waals surface area contributed by atoms with Crippen LogP contribution in [0.5, 0.6) is 0 Å². The van der Waals surface area contributed by atoms with Crippen LogP contribution in [0.2, 0.25) is 0 Å². The van der Waals surface area contributed by atoms with Gasteiger partial charge in [0.15, 0.2) is 0 Å². The Morgan fingerprint density at radius 1 is 0.378 bits per heavy atom. The molecule has 37 heavy (non-hydrogen) atoms. The van der Waals surface area contributed by atoms with E-state index in [-0.39, 0.29) is 0 Å². The molecule has 0 saturated carbocycles. The van der Waals surface area contributed by atoms with Gasteiger partial charge in [-0.1, -0.05) is 123 Å². The van der Waals surface area contributed by atoms with Gasteiger partial charge in [0.05, 0.1) is 0 Å². The van der Waals surface area contributed by atoms with E-state index in [4.69, 9.17) is 0 Å². The van der Waals surface area contributed by atoms with Gasteiger partial charge in [0, 0.05) is 0 Å². The minimum atomic E-state index is 0.457. The summed E-state index contributed by atoms with van der Waals surface area (Å²) in [5, 5.41) is 16.5. The third-order valence-electron chi connectivity index (χ3n) is 8.89. The molecule has 2 unspecified atom stereocenters. The lowest BCUT2D eigenvalue weighted by Crippen LogP contribution is -2.03. The molecule has 0 radical (unpaired) electrons. The maximum Gasteiger partial charge on any atom is -0.00239 e. The molecule has 0 fully saturated rings. The molecule has 0 amide bonds. The Kier molecular flexibility index (Phi) is 4.35. The van der Waals surface area contributed by atoms with Gasteiger partial charge in [-0.25, -0.2) is 0 Å². The molecule has 0 spiro atoms. The second kappa shape index (κ2) is 7.67. The molecular formula is C37H28. The van der Waals surface area contributed by atoms with Crippen molar-refractivity contribution in [3.05, 3.63) is 120 Å². The molecule has 0 aromatic heterocycles. The molecule has 8 rings (SSSR count). The van der Waals surface area contributed by atoms with E-state index in [1.165, 1.54) is 75.8 Å². The maximum absolute atomic E-state index is 2.42. The lowest BCUT2D eigenvalue weighted by molar-refractivity contribution is 0.599. The van der Waals surface area contributed by atoms with E-state index in [0.29, 0.717) is 11.8 Å². The summed E-state index contributed by atoms with van der Waals surface area (Å²) in [6.45, 7) is 4.83. The van der Waals surface area contributed by atoms with Crippen LogP contribution in [-0.4, -0.2) is 0 Å². The van der Waals surface area contributed by atoms with Crippen LogP contribution in [0.4, 0.5) is 0 Å². The molecule has 0 heterocycles.